The molecule has 1 aromatic heterocycles. The number of benzene rings is 1. The highest BCUT2D eigenvalue weighted by Crippen LogP contribution is 2.29. The Kier molecular flexibility index (Phi) is 5.42. The van der Waals surface area contributed by atoms with Gasteiger partial charge in [0.15, 0.2) is 0 Å². The van der Waals surface area contributed by atoms with Gasteiger partial charge in [0.2, 0.25) is 0 Å². The lowest BCUT2D eigenvalue weighted by Gasteiger charge is -2.17. The van der Waals surface area contributed by atoms with E-state index in [9.17, 15) is 0 Å². The number of hydrogen-bond acceptors (Lipinski definition) is 2. The van der Waals surface area contributed by atoms with Crippen molar-refractivity contribution in [3.63, 3.8) is 0 Å². The van der Waals surface area contributed by atoms with Crippen molar-refractivity contribution >= 4 is 27.3 Å². The molecule has 1 nitrogen and oxygen atoms in total. The third kappa shape index (κ3) is 3.67. The van der Waals surface area contributed by atoms with Crippen LogP contribution in [0.2, 0.25) is 0 Å². The Labute approximate surface area is 121 Å². The van der Waals surface area contributed by atoms with Crippen molar-refractivity contribution in [1.29, 1.82) is 0 Å². The van der Waals surface area contributed by atoms with Crippen LogP contribution in [0.1, 0.15) is 23.3 Å². The molecule has 1 unspecified atom stereocenters. The molecule has 18 heavy (non-hydrogen) atoms. The standard InChI is InChI=1S/C15H18BrNS/c1-2-17-11-13(12-6-4-3-5-7-12)10-15-14(16)8-9-18-15/h3-9,13,17H,2,10-11H2,1H3. The van der Waals surface area contributed by atoms with E-state index >= 15 is 0 Å². The van der Waals surface area contributed by atoms with Crippen molar-refractivity contribution in [2.24, 2.45) is 0 Å². The van der Waals surface area contributed by atoms with Gasteiger partial charge in [-0.2, -0.15) is 0 Å². The van der Waals surface area contributed by atoms with Crippen LogP contribution < -0.4 is 5.32 Å². The number of likely N-dealkylation sites (N-methyl/N-ethyl adjacent to an activating group) is 1. The molecule has 1 atom stereocenters. The first-order valence-electron chi connectivity index (χ1n) is 6.28. The maximum Gasteiger partial charge on any atom is 0.0314 e. The summed E-state index contributed by atoms with van der Waals surface area (Å²) in [4.78, 5) is 1.43. The van der Waals surface area contributed by atoms with Crippen molar-refractivity contribution in [1.82, 2.24) is 5.32 Å². The summed E-state index contributed by atoms with van der Waals surface area (Å²) in [5.74, 6) is 0.543. The number of hydrogen-bond donors (Lipinski definition) is 1. The van der Waals surface area contributed by atoms with Crippen molar-refractivity contribution in [3.8, 4) is 0 Å². The summed E-state index contributed by atoms with van der Waals surface area (Å²) >= 11 is 5.46. The number of nitrogens with one attached hydrogen (secondary N) is 1. The monoisotopic (exact) mass is 323 g/mol. The summed E-state index contributed by atoms with van der Waals surface area (Å²) in [5.41, 5.74) is 1.42. The summed E-state index contributed by atoms with van der Waals surface area (Å²) in [6, 6.07) is 12.9. The Morgan fingerprint density at radius 2 is 2.00 bits per heavy atom. The predicted molar refractivity (Wildman–Crippen MR) is 83.4 cm³/mol. The van der Waals surface area contributed by atoms with E-state index < -0.39 is 0 Å². The van der Waals surface area contributed by atoms with Crippen LogP contribution in [-0.4, -0.2) is 13.1 Å². The third-order valence-electron chi connectivity index (χ3n) is 3.03. The SMILES string of the molecule is CCNCC(Cc1sccc1Br)c1ccccc1. The molecular formula is C15H18BrNS. The van der Waals surface area contributed by atoms with Crippen molar-refractivity contribution in [2.45, 2.75) is 19.3 Å². The zero-order valence-corrected chi connectivity index (χ0v) is 12.9. The second-order valence-corrected chi connectivity index (χ2v) is 6.17. The fourth-order valence-electron chi connectivity index (χ4n) is 2.05. The van der Waals surface area contributed by atoms with E-state index in [2.05, 4.69) is 69.9 Å². The molecule has 0 radical (unpaired) electrons. The smallest absolute Gasteiger partial charge is 0.0314 e. The van der Waals surface area contributed by atoms with Crippen molar-refractivity contribution in [3.05, 3.63) is 56.7 Å². The maximum absolute atomic E-state index is 3.63. The molecule has 0 fully saturated rings. The van der Waals surface area contributed by atoms with Crippen LogP contribution in [-0.2, 0) is 6.42 Å². The molecule has 0 bridgehead atoms. The van der Waals surface area contributed by atoms with Crippen LogP contribution >= 0.6 is 27.3 Å². The third-order valence-corrected chi connectivity index (χ3v) is 4.98. The van der Waals surface area contributed by atoms with Gasteiger partial charge < -0.3 is 5.32 Å². The van der Waals surface area contributed by atoms with Crippen molar-refractivity contribution in [2.75, 3.05) is 13.1 Å². The highest BCUT2D eigenvalue weighted by Gasteiger charge is 2.14. The van der Waals surface area contributed by atoms with E-state index in [0.717, 1.165) is 19.5 Å². The highest BCUT2D eigenvalue weighted by molar-refractivity contribution is 9.10. The van der Waals surface area contributed by atoms with Gasteiger partial charge in [-0.05, 0) is 45.9 Å². The highest BCUT2D eigenvalue weighted by atomic mass is 79.9. The lowest BCUT2D eigenvalue weighted by molar-refractivity contribution is 0.597. The maximum atomic E-state index is 3.63. The molecule has 0 aliphatic heterocycles. The van der Waals surface area contributed by atoms with Crippen LogP contribution in [0.15, 0.2) is 46.3 Å². The van der Waals surface area contributed by atoms with Gasteiger partial charge in [0.25, 0.3) is 0 Å². The van der Waals surface area contributed by atoms with Gasteiger partial charge >= 0.3 is 0 Å². The van der Waals surface area contributed by atoms with E-state index in [1.165, 1.54) is 14.9 Å². The molecule has 96 valence electrons. The molecule has 1 aromatic carbocycles. The summed E-state index contributed by atoms with van der Waals surface area (Å²) in [6.07, 6.45) is 1.09. The quantitative estimate of drug-likeness (QED) is 0.828. The van der Waals surface area contributed by atoms with E-state index in [1.807, 2.05) is 11.3 Å². The Bertz CT molecular complexity index is 466. The molecule has 0 aliphatic carbocycles. The molecular weight excluding hydrogens is 306 g/mol. The molecule has 1 heterocycles. The molecule has 1 N–H and O–H groups in total. The zero-order chi connectivity index (χ0) is 12.8. The van der Waals surface area contributed by atoms with Gasteiger partial charge in [0.05, 0.1) is 0 Å². The van der Waals surface area contributed by atoms with Gasteiger partial charge in [-0.3, -0.25) is 0 Å². The van der Waals surface area contributed by atoms with Crippen LogP contribution in [0, 0.1) is 0 Å². The van der Waals surface area contributed by atoms with Crippen molar-refractivity contribution < 1.29 is 0 Å². The topological polar surface area (TPSA) is 12.0 Å². The van der Waals surface area contributed by atoms with Gasteiger partial charge in [-0.15, -0.1) is 11.3 Å². The van der Waals surface area contributed by atoms with Gasteiger partial charge in [-0.1, -0.05) is 37.3 Å². The Morgan fingerprint density at radius 3 is 2.61 bits per heavy atom. The molecule has 0 amide bonds. The first kappa shape index (κ1) is 13.8. The van der Waals surface area contributed by atoms with Crippen LogP contribution in [0.25, 0.3) is 0 Å². The van der Waals surface area contributed by atoms with Crippen LogP contribution in [0.5, 0.6) is 0 Å². The fourth-order valence-corrected chi connectivity index (χ4v) is 3.64. The summed E-state index contributed by atoms with van der Waals surface area (Å²) in [5, 5.41) is 5.62. The second-order valence-electron chi connectivity index (χ2n) is 4.31. The molecule has 0 saturated carbocycles. The van der Waals surface area contributed by atoms with Crippen LogP contribution in [0.4, 0.5) is 0 Å². The van der Waals surface area contributed by atoms with Gasteiger partial charge in [0, 0.05) is 21.8 Å². The molecule has 3 heteroatoms. The number of halogens is 1. The average Bonchev–Trinajstić information content (AvgIpc) is 2.81. The molecule has 0 spiro atoms. The van der Waals surface area contributed by atoms with E-state index in [0.29, 0.717) is 5.92 Å². The summed E-state index contributed by atoms with van der Waals surface area (Å²) in [6.45, 7) is 4.21. The van der Waals surface area contributed by atoms with Gasteiger partial charge in [0.1, 0.15) is 0 Å². The largest absolute Gasteiger partial charge is 0.316 e. The fraction of sp³-hybridized carbons (Fsp3) is 0.333. The minimum atomic E-state index is 0.543. The van der Waals surface area contributed by atoms with E-state index in [-0.39, 0.29) is 0 Å². The van der Waals surface area contributed by atoms with Crippen LogP contribution in [0.3, 0.4) is 0 Å². The Morgan fingerprint density at radius 1 is 1.22 bits per heavy atom. The first-order chi connectivity index (χ1) is 8.81. The van der Waals surface area contributed by atoms with Gasteiger partial charge in [-0.25, -0.2) is 0 Å². The van der Waals surface area contributed by atoms with E-state index in [4.69, 9.17) is 0 Å². The normalized spacial score (nSPS) is 12.6. The second kappa shape index (κ2) is 7.07. The lowest BCUT2D eigenvalue weighted by atomic mass is 9.95. The summed E-state index contributed by atoms with van der Waals surface area (Å²) in [7, 11) is 0. The number of thiophene rings is 1. The molecule has 2 rings (SSSR count). The molecule has 0 saturated heterocycles. The molecule has 0 aliphatic rings. The minimum absolute atomic E-state index is 0.543. The molecule has 2 aromatic rings. The lowest BCUT2D eigenvalue weighted by Crippen LogP contribution is -2.22. The number of rotatable bonds is 6. The first-order valence-corrected chi connectivity index (χ1v) is 7.96. The Hall–Kier alpha value is -0.640. The minimum Gasteiger partial charge on any atom is -0.316 e. The predicted octanol–water partition coefficient (Wildman–Crippen LogP) is 4.45. The average molecular weight is 324 g/mol. The van der Waals surface area contributed by atoms with E-state index in [1.54, 1.807) is 0 Å². The zero-order valence-electron chi connectivity index (χ0n) is 10.5. The summed E-state index contributed by atoms with van der Waals surface area (Å²) < 4.78 is 1.24. The Balaban J connectivity index is 2.13.